The Labute approximate surface area is 136 Å². The maximum Gasteiger partial charge on any atom is 0.333 e. The van der Waals surface area contributed by atoms with Gasteiger partial charge in [0.05, 0.1) is 11.6 Å². The third-order valence-corrected chi connectivity index (χ3v) is 5.04. The van der Waals surface area contributed by atoms with Crippen LogP contribution in [0.1, 0.15) is 24.0 Å². The number of aryl methyl sites for hydroxylation is 1. The van der Waals surface area contributed by atoms with E-state index in [0.717, 1.165) is 36.9 Å². The van der Waals surface area contributed by atoms with Crippen molar-refractivity contribution >= 4 is 11.5 Å². The Morgan fingerprint density at radius 1 is 1.30 bits per heavy atom. The summed E-state index contributed by atoms with van der Waals surface area (Å²) >= 11 is 0. The van der Waals surface area contributed by atoms with Gasteiger partial charge in [-0.1, -0.05) is 24.3 Å². The molecule has 23 heavy (non-hydrogen) atoms. The minimum absolute atomic E-state index is 0.0657. The second-order valence-electron chi connectivity index (χ2n) is 6.42. The van der Waals surface area contributed by atoms with E-state index in [4.69, 9.17) is 5.11 Å². The first-order chi connectivity index (χ1) is 11.1. The summed E-state index contributed by atoms with van der Waals surface area (Å²) < 4.78 is 0. The number of piperazine rings is 1. The summed E-state index contributed by atoms with van der Waals surface area (Å²) in [6.07, 6.45) is 2.36. The number of carboxylic acid groups (broad SMARTS) is 1. The number of hydrogen-bond acceptors (Lipinski definition) is 4. The molecular weight excluding hydrogens is 292 g/mol. The Kier molecular flexibility index (Phi) is 4.80. The monoisotopic (exact) mass is 316 g/mol. The number of likely N-dealkylation sites (N-methyl/N-ethyl adjacent to an activating group) is 1. The van der Waals surface area contributed by atoms with Gasteiger partial charge >= 0.3 is 5.97 Å². The van der Waals surface area contributed by atoms with Crippen molar-refractivity contribution in [2.24, 2.45) is 0 Å². The minimum Gasteiger partial charge on any atom is -0.478 e. The standard InChI is InChI=1S/C18H24N2O3/c1-20-14-9-15(17(18(22)23)16(20)11-19-10-14)13-6-4-12(5-7-13)3-2-8-21/h4-7,14,16,19,21H,2-3,8-11H2,1H3,(H,22,23). The van der Waals surface area contributed by atoms with Gasteiger partial charge in [-0.25, -0.2) is 4.79 Å². The van der Waals surface area contributed by atoms with Crippen molar-refractivity contribution in [3.63, 3.8) is 0 Å². The molecule has 5 nitrogen and oxygen atoms in total. The Morgan fingerprint density at radius 2 is 2.04 bits per heavy atom. The molecule has 5 heteroatoms. The highest BCUT2D eigenvalue weighted by atomic mass is 16.4. The number of aliphatic hydroxyl groups excluding tert-OH is 1. The molecule has 3 N–H and O–H groups in total. The molecule has 1 aromatic carbocycles. The molecule has 0 saturated carbocycles. The third-order valence-electron chi connectivity index (χ3n) is 5.04. The molecule has 3 rings (SSSR count). The van der Waals surface area contributed by atoms with Gasteiger partial charge < -0.3 is 15.5 Å². The van der Waals surface area contributed by atoms with Gasteiger partial charge in [-0.05, 0) is 43.0 Å². The number of nitrogens with one attached hydrogen (secondary N) is 1. The number of aliphatic carboxylic acids is 1. The Balaban J connectivity index is 1.95. The van der Waals surface area contributed by atoms with Gasteiger partial charge in [0.15, 0.2) is 0 Å². The maximum absolute atomic E-state index is 11.9. The molecule has 0 spiro atoms. The lowest BCUT2D eigenvalue weighted by atomic mass is 9.82. The van der Waals surface area contributed by atoms with Crippen LogP contribution in [0.3, 0.4) is 0 Å². The molecule has 0 amide bonds. The van der Waals surface area contributed by atoms with Crippen LogP contribution in [0, 0.1) is 0 Å². The zero-order valence-electron chi connectivity index (χ0n) is 13.5. The highest BCUT2D eigenvalue weighted by Gasteiger charge is 2.39. The van der Waals surface area contributed by atoms with Crippen molar-refractivity contribution in [3.05, 3.63) is 41.0 Å². The first-order valence-corrected chi connectivity index (χ1v) is 8.21. The van der Waals surface area contributed by atoms with E-state index in [-0.39, 0.29) is 12.6 Å². The van der Waals surface area contributed by atoms with Gasteiger partial charge in [0.25, 0.3) is 0 Å². The average molecular weight is 316 g/mol. The number of carbonyl (C=O) groups is 1. The predicted molar refractivity (Wildman–Crippen MR) is 89.2 cm³/mol. The van der Waals surface area contributed by atoms with Crippen LogP contribution in [0.25, 0.3) is 5.57 Å². The third kappa shape index (κ3) is 3.17. The molecule has 2 atom stereocenters. The zero-order chi connectivity index (χ0) is 16.4. The quantitative estimate of drug-likeness (QED) is 0.759. The first-order valence-electron chi connectivity index (χ1n) is 8.21. The fourth-order valence-corrected chi connectivity index (χ4v) is 3.70. The first kappa shape index (κ1) is 16.2. The van der Waals surface area contributed by atoms with Gasteiger partial charge in [-0.2, -0.15) is 0 Å². The summed E-state index contributed by atoms with van der Waals surface area (Å²) in [4.78, 5) is 14.0. The zero-order valence-corrected chi connectivity index (χ0v) is 13.5. The number of rotatable bonds is 5. The Hall–Kier alpha value is -1.69. The van der Waals surface area contributed by atoms with Crippen LogP contribution in [0.2, 0.25) is 0 Å². The topological polar surface area (TPSA) is 72.8 Å². The van der Waals surface area contributed by atoms with E-state index >= 15 is 0 Å². The fraction of sp³-hybridized carbons (Fsp3) is 0.500. The molecular formula is C18H24N2O3. The normalized spacial score (nSPS) is 24.8. The van der Waals surface area contributed by atoms with E-state index in [9.17, 15) is 9.90 Å². The number of aliphatic hydroxyl groups is 1. The van der Waals surface area contributed by atoms with Crippen molar-refractivity contribution in [1.29, 1.82) is 0 Å². The predicted octanol–water partition coefficient (Wildman–Crippen LogP) is 1.13. The molecule has 1 aromatic rings. The molecule has 2 unspecified atom stereocenters. The van der Waals surface area contributed by atoms with E-state index in [1.807, 2.05) is 31.3 Å². The minimum atomic E-state index is -0.816. The van der Waals surface area contributed by atoms with Crippen LogP contribution in [0.4, 0.5) is 0 Å². The van der Waals surface area contributed by atoms with Crippen LogP contribution in [0.15, 0.2) is 29.8 Å². The van der Waals surface area contributed by atoms with Crippen LogP contribution < -0.4 is 5.32 Å². The van der Waals surface area contributed by atoms with Gasteiger partial charge in [0, 0.05) is 25.7 Å². The largest absolute Gasteiger partial charge is 0.478 e. The maximum atomic E-state index is 11.9. The summed E-state index contributed by atoms with van der Waals surface area (Å²) in [6.45, 7) is 1.78. The van der Waals surface area contributed by atoms with Crippen LogP contribution >= 0.6 is 0 Å². The van der Waals surface area contributed by atoms with E-state index in [1.54, 1.807) is 0 Å². The molecule has 2 aliphatic heterocycles. The lowest BCUT2D eigenvalue weighted by Crippen LogP contribution is -2.59. The van der Waals surface area contributed by atoms with E-state index in [1.165, 1.54) is 5.56 Å². The fourth-order valence-electron chi connectivity index (χ4n) is 3.70. The molecule has 0 aliphatic carbocycles. The molecule has 2 aliphatic rings. The number of benzene rings is 1. The molecule has 124 valence electrons. The number of fused-ring (bicyclic) bond motifs is 2. The van der Waals surface area contributed by atoms with Crippen molar-refractivity contribution in [2.45, 2.75) is 31.3 Å². The lowest BCUT2D eigenvalue weighted by molar-refractivity contribution is -0.133. The van der Waals surface area contributed by atoms with Gasteiger partial charge in [-0.15, -0.1) is 0 Å². The van der Waals surface area contributed by atoms with Gasteiger partial charge in [-0.3, -0.25) is 4.90 Å². The summed E-state index contributed by atoms with van der Waals surface area (Å²) in [5, 5.41) is 22.0. The number of nitrogens with zero attached hydrogens (tertiary/aromatic N) is 1. The van der Waals surface area contributed by atoms with Crippen molar-refractivity contribution in [2.75, 3.05) is 26.7 Å². The smallest absolute Gasteiger partial charge is 0.333 e. The number of hydrogen-bond donors (Lipinski definition) is 3. The van der Waals surface area contributed by atoms with Crippen LogP contribution in [-0.2, 0) is 11.2 Å². The lowest BCUT2D eigenvalue weighted by Gasteiger charge is -2.45. The van der Waals surface area contributed by atoms with E-state index in [2.05, 4.69) is 10.2 Å². The summed E-state index contributed by atoms with van der Waals surface area (Å²) in [5.74, 6) is -0.816. The summed E-state index contributed by atoms with van der Waals surface area (Å²) in [6, 6.07) is 8.43. The Morgan fingerprint density at radius 3 is 2.70 bits per heavy atom. The average Bonchev–Trinajstić information content (AvgIpc) is 2.53. The van der Waals surface area contributed by atoms with Crippen LogP contribution in [0.5, 0.6) is 0 Å². The van der Waals surface area contributed by atoms with E-state index < -0.39 is 5.97 Å². The van der Waals surface area contributed by atoms with Gasteiger partial charge in [0.1, 0.15) is 0 Å². The van der Waals surface area contributed by atoms with E-state index in [0.29, 0.717) is 18.2 Å². The highest BCUT2D eigenvalue weighted by Crippen LogP contribution is 2.35. The van der Waals surface area contributed by atoms with Crippen molar-refractivity contribution in [3.8, 4) is 0 Å². The summed E-state index contributed by atoms with van der Waals surface area (Å²) in [7, 11) is 2.02. The summed E-state index contributed by atoms with van der Waals surface area (Å²) in [5.41, 5.74) is 3.69. The molecule has 2 heterocycles. The van der Waals surface area contributed by atoms with Crippen LogP contribution in [-0.4, -0.2) is 59.9 Å². The highest BCUT2D eigenvalue weighted by molar-refractivity contribution is 5.98. The SMILES string of the molecule is CN1C2CNCC1C(C(=O)O)=C(c1ccc(CCCO)cc1)C2. The van der Waals surface area contributed by atoms with Crippen molar-refractivity contribution < 1.29 is 15.0 Å². The second-order valence-corrected chi connectivity index (χ2v) is 6.42. The molecule has 0 aromatic heterocycles. The van der Waals surface area contributed by atoms with Crippen molar-refractivity contribution in [1.82, 2.24) is 10.2 Å². The second kappa shape index (κ2) is 6.83. The molecule has 1 fully saturated rings. The van der Waals surface area contributed by atoms with Gasteiger partial charge in [0.2, 0.25) is 0 Å². The molecule has 0 radical (unpaired) electrons. The number of carboxylic acids is 1. The Bertz CT molecular complexity index is 609. The molecule has 1 saturated heterocycles. The molecule has 2 bridgehead atoms.